The van der Waals surface area contributed by atoms with E-state index < -0.39 is 0 Å². The molecule has 0 saturated carbocycles. The quantitative estimate of drug-likeness (QED) is 0.206. The predicted octanol–water partition coefficient (Wildman–Crippen LogP) is 11.4. The molecule has 0 aliphatic carbocycles. The lowest BCUT2D eigenvalue weighted by atomic mass is 9.85. The van der Waals surface area contributed by atoms with Crippen molar-refractivity contribution in [2.24, 2.45) is 0 Å². The summed E-state index contributed by atoms with van der Waals surface area (Å²) in [5.74, 6) is 0. The molecule has 43 heavy (non-hydrogen) atoms. The normalized spacial score (nSPS) is 11.7. The Labute approximate surface area is 248 Å². The molecule has 0 aliphatic heterocycles. The number of fused-ring (bicyclic) bond motifs is 6. The molecule has 2 nitrogen and oxygen atoms in total. The number of rotatable bonds is 3. The van der Waals surface area contributed by atoms with Crippen LogP contribution in [0.1, 0.15) is 0 Å². The van der Waals surface area contributed by atoms with Crippen molar-refractivity contribution >= 4 is 54.5 Å². The van der Waals surface area contributed by atoms with Crippen molar-refractivity contribution in [2.75, 3.05) is 0 Å². The summed E-state index contributed by atoms with van der Waals surface area (Å²) in [4.78, 5) is 4.99. The van der Waals surface area contributed by atoms with Crippen LogP contribution >= 0.6 is 0 Å². The average molecular weight is 548 g/mol. The smallest absolute Gasteiger partial charge is 0.154 e. The fourth-order valence-corrected chi connectivity index (χ4v) is 6.67. The Hall–Kier alpha value is -5.73. The fraction of sp³-hybridized carbons (Fsp3) is 0. The highest BCUT2D eigenvalue weighted by atomic mass is 16.3. The van der Waals surface area contributed by atoms with Gasteiger partial charge >= 0.3 is 0 Å². The zero-order chi connectivity index (χ0) is 28.3. The van der Waals surface area contributed by atoms with E-state index in [1.165, 1.54) is 49.4 Å². The second-order valence-corrected chi connectivity index (χ2v) is 11.1. The Morgan fingerprint density at radius 1 is 0.372 bits per heavy atom. The first-order valence-electron chi connectivity index (χ1n) is 14.6. The summed E-state index contributed by atoms with van der Waals surface area (Å²) in [5.41, 5.74) is 10.9. The van der Waals surface area contributed by atoms with Crippen molar-refractivity contribution in [1.82, 2.24) is 4.98 Å². The van der Waals surface area contributed by atoms with Gasteiger partial charge in [-0.3, -0.25) is 0 Å². The maximum Gasteiger partial charge on any atom is 0.154 e. The standard InChI is InChI=1S/C41H25NO/c1-3-11-26(12-4-1)39-31-15-7-8-16-32(31)40(27-13-5-2-6-14-27)35-24-29(19-21-33(35)39)28-20-22-36-30(23-28)25-38-41(42-36)34-17-9-10-18-37(34)43-38/h1-25H. The number of para-hydroxylation sites is 1. The summed E-state index contributed by atoms with van der Waals surface area (Å²) in [6.45, 7) is 0. The van der Waals surface area contributed by atoms with Crippen molar-refractivity contribution in [3.63, 3.8) is 0 Å². The molecule has 9 aromatic rings. The molecule has 2 aromatic heterocycles. The summed E-state index contributed by atoms with van der Waals surface area (Å²) < 4.78 is 6.16. The van der Waals surface area contributed by atoms with E-state index in [0.717, 1.165) is 38.5 Å². The van der Waals surface area contributed by atoms with Gasteiger partial charge in [0.05, 0.1) is 5.52 Å². The van der Waals surface area contributed by atoms with Crippen LogP contribution in [0.4, 0.5) is 0 Å². The lowest BCUT2D eigenvalue weighted by Gasteiger charge is -2.18. The molecule has 0 atom stereocenters. The molecule has 2 heterocycles. The number of pyridine rings is 1. The fourth-order valence-electron chi connectivity index (χ4n) is 6.67. The van der Waals surface area contributed by atoms with Crippen molar-refractivity contribution in [2.45, 2.75) is 0 Å². The van der Waals surface area contributed by atoms with Crippen molar-refractivity contribution in [3.8, 4) is 33.4 Å². The van der Waals surface area contributed by atoms with Gasteiger partial charge in [-0.15, -0.1) is 0 Å². The van der Waals surface area contributed by atoms with E-state index in [-0.39, 0.29) is 0 Å². The molecule has 0 radical (unpaired) electrons. The first-order chi connectivity index (χ1) is 21.3. The van der Waals surface area contributed by atoms with Gasteiger partial charge in [0.25, 0.3) is 0 Å². The Balaban J connectivity index is 1.32. The monoisotopic (exact) mass is 547 g/mol. The Morgan fingerprint density at radius 2 is 0.930 bits per heavy atom. The number of aromatic nitrogens is 1. The first kappa shape index (κ1) is 23.9. The number of hydrogen-bond donors (Lipinski definition) is 0. The maximum absolute atomic E-state index is 6.16. The van der Waals surface area contributed by atoms with E-state index in [9.17, 15) is 0 Å². The zero-order valence-electron chi connectivity index (χ0n) is 23.3. The van der Waals surface area contributed by atoms with E-state index in [4.69, 9.17) is 9.40 Å². The van der Waals surface area contributed by atoms with Gasteiger partial charge in [0, 0.05) is 10.8 Å². The van der Waals surface area contributed by atoms with Crippen molar-refractivity contribution in [3.05, 3.63) is 152 Å². The molecular weight excluding hydrogens is 522 g/mol. The lowest BCUT2D eigenvalue weighted by molar-refractivity contribution is 0.669. The minimum absolute atomic E-state index is 0.815. The zero-order valence-corrected chi connectivity index (χ0v) is 23.3. The van der Waals surface area contributed by atoms with Gasteiger partial charge in [-0.1, -0.05) is 115 Å². The Morgan fingerprint density at radius 3 is 1.65 bits per heavy atom. The number of hydrogen-bond acceptors (Lipinski definition) is 2. The van der Waals surface area contributed by atoms with Crippen LogP contribution in [0, 0.1) is 0 Å². The molecule has 0 bridgehead atoms. The molecule has 0 amide bonds. The van der Waals surface area contributed by atoms with Crippen LogP contribution < -0.4 is 0 Å². The molecular formula is C41H25NO. The predicted molar refractivity (Wildman–Crippen MR) is 180 cm³/mol. The summed E-state index contributed by atoms with van der Waals surface area (Å²) in [6.07, 6.45) is 0. The maximum atomic E-state index is 6.16. The second kappa shape index (κ2) is 9.40. The van der Waals surface area contributed by atoms with Gasteiger partial charge in [-0.05, 0) is 91.3 Å². The molecule has 0 saturated heterocycles. The molecule has 0 spiro atoms. The molecule has 7 aromatic carbocycles. The molecule has 0 fully saturated rings. The van der Waals surface area contributed by atoms with E-state index in [1.54, 1.807) is 0 Å². The largest absolute Gasteiger partial charge is 0.454 e. The van der Waals surface area contributed by atoms with Crippen LogP contribution in [0.3, 0.4) is 0 Å². The summed E-state index contributed by atoms with van der Waals surface area (Å²) in [5, 5.41) is 7.13. The highest BCUT2D eigenvalue weighted by Crippen LogP contribution is 2.45. The van der Waals surface area contributed by atoms with E-state index >= 15 is 0 Å². The molecule has 0 unspecified atom stereocenters. The minimum Gasteiger partial charge on any atom is -0.454 e. The minimum atomic E-state index is 0.815. The van der Waals surface area contributed by atoms with E-state index in [2.05, 4.69) is 133 Å². The van der Waals surface area contributed by atoms with Gasteiger partial charge in [-0.2, -0.15) is 0 Å². The van der Waals surface area contributed by atoms with Crippen LogP contribution in [0.25, 0.3) is 87.9 Å². The van der Waals surface area contributed by atoms with Crippen LogP contribution in [-0.4, -0.2) is 4.98 Å². The SMILES string of the molecule is c1ccc(-c2c3ccccc3c(-c3ccccc3)c3cc(-c4ccc5nc6c(cc5c4)oc4ccccc46)ccc23)cc1. The van der Waals surface area contributed by atoms with Crippen molar-refractivity contribution < 1.29 is 4.42 Å². The first-order valence-corrected chi connectivity index (χ1v) is 14.6. The third kappa shape index (κ3) is 3.77. The van der Waals surface area contributed by atoms with Gasteiger partial charge in [0.15, 0.2) is 5.58 Å². The van der Waals surface area contributed by atoms with E-state index in [0.29, 0.717) is 0 Å². The lowest BCUT2D eigenvalue weighted by Crippen LogP contribution is -1.91. The van der Waals surface area contributed by atoms with Crippen molar-refractivity contribution in [1.29, 1.82) is 0 Å². The van der Waals surface area contributed by atoms with Crippen LogP contribution in [0.15, 0.2) is 156 Å². The van der Waals surface area contributed by atoms with Crippen LogP contribution in [-0.2, 0) is 0 Å². The Kier molecular flexibility index (Phi) is 5.23. The average Bonchev–Trinajstić information content (AvgIpc) is 3.43. The van der Waals surface area contributed by atoms with Gasteiger partial charge in [0.1, 0.15) is 11.1 Å². The van der Waals surface area contributed by atoms with Gasteiger partial charge in [-0.25, -0.2) is 4.98 Å². The highest BCUT2D eigenvalue weighted by Gasteiger charge is 2.17. The molecule has 2 heteroatoms. The van der Waals surface area contributed by atoms with Crippen LogP contribution in [0.5, 0.6) is 0 Å². The highest BCUT2D eigenvalue weighted by molar-refractivity contribution is 6.22. The topological polar surface area (TPSA) is 26.0 Å². The number of nitrogens with zero attached hydrogens (tertiary/aromatic N) is 1. The molecule has 200 valence electrons. The third-order valence-electron chi connectivity index (χ3n) is 8.62. The molecule has 0 aliphatic rings. The van der Waals surface area contributed by atoms with Gasteiger partial charge in [0.2, 0.25) is 0 Å². The number of furan rings is 1. The molecule has 0 N–H and O–H groups in total. The van der Waals surface area contributed by atoms with Gasteiger partial charge < -0.3 is 4.42 Å². The summed E-state index contributed by atoms with van der Waals surface area (Å²) >= 11 is 0. The molecule has 9 rings (SSSR count). The second-order valence-electron chi connectivity index (χ2n) is 11.1. The van der Waals surface area contributed by atoms with E-state index in [1.807, 2.05) is 18.2 Å². The third-order valence-corrected chi connectivity index (χ3v) is 8.62. The number of benzene rings is 7. The summed E-state index contributed by atoms with van der Waals surface area (Å²) in [7, 11) is 0. The Bertz CT molecular complexity index is 2490. The van der Waals surface area contributed by atoms with Crippen LogP contribution in [0.2, 0.25) is 0 Å². The summed E-state index contributed by atoms with van der Waals surface area (Å²) in [6, 6.07) is 54.0.